The maximum absolute atomic E-state index is 11.7. The number of aliphatic carboxylic acids is 1. The normalized spacial score (nSPS) is 16.0. The first-order chi connectivity index (χ1) is 17.2. The molecule has 0 amide bonds. The lowest BCUT2D eigenvalue weighted by Gasteiger charge is -2.42. The van der Waals surface area contributed by atoms with Gasteiger partial charge in [0.25, 0.3) is 0 Å². The molecule has 36 heavy (non-hydrogen) atoms. The lowest BCUT2D eigenvalue weighted by Crippen LogP contribution is -2.49. The van der Waals surface area contributed by atoms with Crippen molar-refractivity contribution in [1.29, 1.82) is 0 Å². The van der Waals surface area contributed by atoms with Crippen LogP contribution in [0.5, 0.6) is 0 Å². The smallest absolute Gasteiger partial charge is 0.319 e. The minimum atomic E-state index is -0.821. The van der Waals surface area contributed by atoms with Crippen molar-refractivity contribution < 1.29 is 9.90 Å². The molecule has 0 bridgehead atoms. The molecule has 0 unspecified atom stereocenters. The summed E-state index contributed by atoms with van der Waals surface area (Å²) in [6, 6.07) is 15.5. The van der Waals surface area contributed by atoms with E-state index in [4.69, 9.17) is 0 Å². The van der Waals surface area contributed by atoms with E-state index in [0.29, 0.717) is 5.75 Å². The minimum absolute atomic E-state index is 0.0747. The Morgan fingerprint density at radius 3 is 2.31 bits per heavy atom. The van der Waals surface area contributed by atoms with Gasteiger partial charge in [0.2, 0.25) is 0 Å². The van der Waals surface area contributed by atoms with Crippen LogP contribution in [-0.4, -0.2) is 45.5 Å². The summed E-state index contributed by atoms with van der Waals surface area (Å²) in [6.45, 7) is 9.11. The SMILES string of the molecule is CCCCC1(CCCC)CN(c2ccccc2)c2cc(SC)c(CSC(C)(C)C(=O)O)cc2SN1C. The molecule has 0 spiro atoms. The van der Waals surface area contributed by atoms with Crippen LogP contribution in [0.15, 0.2) is 52.3 Å². The van der Waals surface area contributed by atoms with E-state index in [1.807, 2.05) is 11.9 Å². The summed E-state index contributed by atoms with van der Waals surface area (Å²) in [5.41, 5.74) is 3.77. The Kier molecular flexibility index (Phi) is 10.6. The number of carbonyl (C=O) groups is 1. The molecule has 0 fully saturated rings. The highest BCUT2D eigenvalue weighted by Gasteiger charge is 2.40. The Balaban J connectivity index is 2.11. The maximum Gasteiger partial charge on any atom is 0.319 e. The molecule has 1 aliphatic rings. The number of hydrogen-bond acceptors (Lipinski definition) is 6. The number of hydrogen-bond donors (Lipinski definition) is 1. The van der Waals surface area contributed by atoms with E-state index in [1.54, 1.807) is 25.6 Å². The molecule has 0 atom stereocenters. The van der Waals surface area contributed by atoms with Gasteiger partial charge in [-0.25, -0.2) is 4.31 Å². The number of thioether (sulfide) groups is 2. The van der Waals surface area contributed by atoms with Crippen molar-refractivity contribution in [3.63, 3.8) is 0 Å². The second-order valence-corrected chi connectivity index (χ2v) is 13.8. The predicted molar refractivity (Wildman–Crippen MR) is 160 cm³/mol. The van der Waals surface area contributed by atoms with Crippen LogP contribution in [0.2, 0.25) is 0 Å². The first-order valence-corrected chi connectivity index (χ1v) is 16.0. The number of nitrogens with zero attached hydrogens (tertiary/aromatic N) is 2. The van der Waals surface area contributed by atoms with Gasteiger partial charge in [0, 0.05) is 33.3 Å². The summed E-state index contributed by atoms with van der Waals surface area (Å²) >= 11 is 5.11. The molecule has 4 nitrogen and oxygen atoms in total. The van der Waals surface area contributed by atoms with Crippen molar-refractivity contribution >= 4 is 52.8 Å². The molecule has 1 aliphatic heterocycles. The summed E-state index contributed by atoms with van der Waals surface area (Å²) < 4.78 is 1.72. The highest BCUT2D eigenvalue weighted by atomic mass is 32.2. The van der Waals surface area contributed by atoms with Crippen LogP contribution >= 0.6 is 35.5 Å². The number of carboxylic acid groups (broad SMARTS) is 1. The van der Waals surface area contributed by atoms with Crippen LogP contribution in [-0.2, 0) is 10.5 Å². The van der Waals surface area contributed by atoms with E-state index in [9.17, 15) is 9.90 Å². The van der Waals surface area contributed by atoms with Crippen molar-refractivity contribution in [1.82, 2.24) is 4.31 Å². The molecule has 3 rings (SSSR count). The largest absolute Gasteiger partial charge is 0.480 e. The lowest BCUT2D eigenvalue weighted by atomic mass is 9.86. The first kappa shape index (κ1) is 29.3. The topological polar surface area (TPSA) is 43.8 Å². The average molecular weight is 547 g/mol. The maximum atomic E-state index is 11.7. The zero-order valence-electron chi connectivity index (χ0n) is 22.7. The van der Waals surface area contributed by atoms with Gasteiger partial charge in [0.15, 0.2) is 0 Å². The number of likely N-dealkylation sites (N-methyl/N-ethyl adjacent to an activating group) is 1. The lowest BCUT2D eigenvalue weighted by molar-refractivity contribution is -0.138. The number of para-hydroxylation sites is 1. The molecular weight excluding hydrogens is 505 g/mol. The highest BCUT2D eigenvalue weighted by Crippen LogP contribution is 2.48. The summed E-state index contributed by atoms with van der Waals surface area (Å²) in [6.07, 6.45) is 9.30. The minimum Gasteiger partial charge on any atom is -0.480 e. The standard InChI is InChI=1S/C29H42N2O2S3/c1-7-9-16-29(17-10-8-2)21-31(23-14-12-11-13-15-23)24-19-25(34-6)22(18-26(24)36-30(29)5)20-35-28(3,4)27(32)33/h11-15,18-19H,7-10,16-17,20-21H2,1-6H3,(H,32,33). The van der Waals surface area contributed by atoms with Gasteiger partial charge in [0.1, 0.15) is 4.75 Å². The van der Waals surface area contributed by atoms with Gasteiger partial charge in [-0.2, -0.15) is 0 Å². The van der Waals surface area contributed by atoms with Gasteiger partial charge in [-0.3, -0.25) is 4.79 Å². The third kappa shape index (κ3) is 6.77. The van der Waals surface area contributed by atoms with Gasteiger partial charge < -0.3 is 10.0 Å². The van der Waals surface area contributed by atoms with Gasteiger partial charge >= 0.3 is 5.97 Å². The third-order valence-corrected chi connectivity index (χ3v) is 10.5. The van der Waals surface area contributed by atoms with E-state index in [0.717, 1.165) is 6.54 Å². The second kappa shape index (κ2) is 13.0. The summed E-state index contributed by atoms with van der Waals surface area (Å²) in [5.74, 6) is -0.0937. The fourth-order valence-corrected chi connectivity index (χ4v) is 7.45. The number of fused-ring (bicyclic) bond motifs is 1. The van der Waals surface area contributed by atoms with E-state index in [1.165, 1.54) is 77.0 Å². The molecule has 0 aliphatic carbocycles. The quantitative estimate of drug-likeness (QED) is 0.211. The van der Waals surface area contributed by atoms with Crippen molar-refractivity contribution in [2.24, 2.45) is 0 Å². The Bertz CT molecular complexity index is 1010. The number of carboxylic acids is 1. The van der Waals surface area contributed by atoms with Crippen LogP contribution in [0.4, 0.5) is 11.4 Å². The van der Waals surface area contributed by atoms with E-state index in [-0.39, 0.29) is 5.54 Å². The molecule has 0 radical (unpaired) electrons. The van der Waals surface area contributed by atoms with Crippen molar-refractivity contribution in [3.05, 3.63) is 48.0 Å². The fourth-order valence-electron chi connectivity index (χ4n) is 4.67. The monoisotopic (exact) mass is 546 g/mol. The van der Waals surface area contributed by atoms with Crippen molar-refractivity contribution in [2.75, 3.05) is 24.7 Å². The van der Waals surface area contributed by atoms with Gasteiger partial charge in [-0.05, 0) is 81.8 Å². The number of anilines is 2. The van der Waals surface area contributed by atoms with Crippen LogP contribution < -0.4 is 4.90 Å². The number of rotatable bonds is 12. The van der Waals surface area contributed by atoms with Gasteiger partial charge in [0.05, 0.1) is 5.69 Å². The van der Waals surface area contributed by atoms with Gasteiger partial charge in [-0.1, -0.05) is 57.7 Å². The Morgan fingerprint density at radius 1 is 1.11 bits per heavy atom. The van der Waals surface area contributed by atoms with Crippen LogP contribution in [0.25, 0.3) is 0 Å². The summed E-state index contributed by atoms with van der Waals surface area (Å²) in [5, 5.41) is 9.63. The number of unbranched alkanes of at least 4 members (excludes halogenated alkanes) is 2. The van der Waals surface area contributed by atoms with E-state index in [2.05, 4.69) is 78.8 Å². The summed E-state index contributed by atoms with van der Waals surface area (Å²) in [7, 11) is 2.28. The van der Waals surface area contributed by atoms with Crippen LogP contribution in [0.3, 0.4) is 0 Å². The average Bonchev–Trinajstić information content (AvgIpc) is 2.99. The Hall–Kier alpha value is -1.28. The molecule has 1 heterocycles. The highest BCUT2D eigenvalue weighted by molar-refractivity contribution is 8.01. The first-order valence-electron chi connectivity index (χ1n) is 13.0. The molecule has 198 valence electrons. The van der Waals surface area contributed by atoms with Crippen molar-refractivity contribution in [3.8, 4) is 0 Å². The second-order valence-electron chi connectivity index (χ2n) is 10.2. The predicted octanol–water partition coefficient (Wildman–Crippen LogP) is 8.71. The molecule has 7 heteroatoms. The zero-order valence-corrected chi connectivity index (χ0v) is 25.1. The fraction of sp³-hybridized carbons (Fsp3) is 0.552. The summed E-state index contributed by atoms with van der Waals surface area (Å²) in [4.78, 5) is 16.7. The van der Waals surface area contributed by atoms with E-state index < -0.39 is 10.7 Å². The molecule has 2 aromatic rings. The van der Waals surface area contributed by atoms with Crippen molar-refractivity contribution in [2.45, 2.75) is 92.0 Å². The molecule has 2 aromatic carbocycles. The van der Waals surface area contributed by atoms with E-state index >= 15 is 0 Å². The van der Waals surface area contributed by atoms with Crippen LogP contribution in [0, 0.1) is 0 Å². The molecule has 1 N–H and O–H groups in total. The zero-order chi connectivity index (χ0) is 26.3. The molecular formula is C29H42N2O2S3. The molecule has 0 saturated heterocycles. The molecule has 0 aromatic heterocycles. The Morgan fingerprint density at radius 2 is 1.75 bits per heavy atom. The van der Waals surface area contributed by atoms with Gasteiger partial charge in [-0.15, -0.1) is 23.5 Å². The number of benzene rings is 2. The third-order valence-electron chi connectivity index (χ3n) is 7.17. The Labute approximate surface area is 231 Å². The van der Waals surface area contributed by atoms with Crippen LogP contribution in [0.1, 0.15) is 71.8 Å². The molecule has 0 saturated carbocycles.